The molecule has 0 aromatic heterocycles. The van der Waals surface area contributed by atoms with Crippen LogP contribution < -0.4 is 4.52 Å². The van der Waals surface area contributed by atoms with Crippen LogP contribution in [0, 0.1) is 11.3 Å². The van der Waals surface area contributed by atoms with Gasteiger partial charge in [0.1, 0.15) is 5.75 Å². The predicted molar refractivity (Wildman–Crippen MR) is 85.3 cm³/mol. The molecule has 0 saturated carbocycles. The van der Waals surface area contributed by atoms with Gasteiger partial charge in [0.25, 0.3) is 0 Å². The van der Waals surface area contributed by atoms with Gasteiger partial charge in [-0.25, -0.2) is 13.9 Å². The fraction of sp³-hybridized carbons (Fsp3) is 0.400. The first-order valence-electron chi connectivity index (χ1n) is 6.53. The fourth-order valence-corrected chi connectivity index (χ4v) is 3.33. The van der Waals surface area contributed by atoms with Crippen molar-refractivity contribution in [1.29, 1.82) is 5.26 Å². The highest BCUT2D eigenvalue weighted by Gasteiger charge is 2.31. The van der Waals surface area contributed by atoms with Crippen LogP contribution in [0.2, 0.25) is 0 Å². The number of rotatable bonds is 6. The third-order valence-corrected chi connectivity index (χ3v) is 5.37. The Hall–Kier alpha value is -1.60. The maximum atomic E-state index is 12.9. The van der Waals surface area contributed by atoms with Gasteiger partial charge < -0.3 is 4.52 Å². The molecule has 114 valence electrons. The smallest absolute Gasteiger partial charge is 0.394 e. The molecule has 0 saturated heterocycles. The lowest BCUT2D eigenvalue weighted by atomic mass is 10.0. The van der Waals surface area contributed by atoms with E-state index in [0.29, 0.717) is 17.7 Å². The number of nitriles is 1. The Morgan fingerprint density at radius 1 is 1.33 bits per heavy atom. The highest BCUT2D eigenvalue weighted by molar-refractivity contribution is 7.54. The van der Waals surface area contributed by atoms with Gasteiger partial charge in [-0.05, 0) is 65.3 Å². The van der Waals surface area contributed by atoms with Crippen molar-refractivity contribution in [3.05, 3.63) is 41.5 Å². The van der Waals surface area contributed by atoms with E-state index in [1.165, 1.54) is 0 Å². The Morgan fingerprint density at radius 2 is 1.90 bits per heavy atom. The molecule has 0 amide bonds. The van der Waals surface area contributed by atoms with Crippen LogP contribution in [0.15, 0.2) is 30.4 Å². The zero-order chi connectivity index (χ0) is 16.2. The van der Waals surface area contributed by atoms with E-state index in [9.17, 15) is 4.57 Å². The number of hydrogen-bond acceptors (Lipinski definition) is 3. The van der Waals surface area contributed by atoms with Crippen molar-refractivity contribution in [2.45, 2.75) is 13.3 Å². The molecular weight excluding hydrogens is 285 g/mol. The van der Waals surface area contributed by atoms with Crippen LogP contribution >= 0.6 is 7.67 Å². The minimum atomic E-state index is -3.12. The van der Waals surface area contributed by atoms with E-state index in [-0.39, 0.29) is 0 Å². The summed E-state index contributed by atoms with van der Waals surface area (Å²) in [7, 11) is 3.72. The Labute approximate surface area is 127 Å². The molecule has 0 aliphatic carbocycles. The van der Waals surface area contributed by atoms with Gasteiger partial charge in [0.15, 0.2) is 0 Å². The summed E-state index contributed by atoms with van der Waals surface area (Å²) in [6.45, 7) is 5.79. The molecule has 0 aliphatic heterocycles. The topological polar surface area (TPSA) is 56.6 Å². The van der Waals surface area contributed by atoms with E-state index >= 15 is 0 Å². The summed E-state index contributed by atoms with van der Waals surface area (Å²) in [4.78, 5) is 0. The van der Waals surface area contributed by atoms with Crippen molar-refractivity contribution >= 4 is 7.67 Å². The molecule has 0 aliphatic rings. The fourth-order valence-electron chi connectivity index (χ4n) is 1.85. The summed E-state index contributed by atoms with van der Waals surface area (Å²) >= 11 is 0. The highest BCUT2D eigenvalue weighted by Crippen LogP contribution is 2.51. The third-order valence-electron chi connectivity index (χ3n) is 2.91. The minimum absolute atomic E-state index is 0.516. The van der Waals surface area contributed by atoms with Crippen LogP contribution in [-0.4, -0.2) is 37.5 Å². The first-order valence-corrected chi connectivity index (χ1v) is 8.06. The molecule has 0 spiro atoms. The molecule has 5 nitrogen and oxygen atoms in total. The molecule has 1 rings (SSSR count). The molecule has 0 radical (unpaired) electrons. The van der Waals surface area contributed by atoms with Gasteiger partial charge in [-0.1, -0.05) is 12.2 Å². The second kappa shape index (κ2) is 6.91. The maximum absolute atomic E-state index is 12.9. The molecule has 0 heterocycles. The van der Waals surface area contributed by atoms with E-state index in [1.54, 1.807) is 55.7 Å². The van der Waals surface area contributed by atoms with Gasteiger partial charge in [0.05, 0.1) is 11.6 Å². The van der Waals surface area contributed by atoms with Gasteiger partial charge in [0.2, 0.25) is 0 Å². The zero-order valence-corrected chi connectivity index (χ0v) is 14.1. The lowest BCUT2D eigenvalue weighted by molar-refractivity contribution is 0.352. The van der Waals surface area contributed by atoms with E-state index in [1.807, 2.05) is 6.92 Å². The first kappa shape index (κ1) is 17.5. The standard InChI is InChI=1S/C15H22N3O2P/c1-12(2)9-14-10-13(11-16)7-8-15(14)20-21(19,17(3)4)18(5)6/h7-8,10H,1,9H2,2-6H3. The van der Waals surface area contributed by atoms with E-state index in [4.69, 9.17) is 9.79 Å². The van der Waals surface area contributed by atoms with E-state index < -0.39 is 7.67 Å². The van der Waals surface area contributed by atoms with Crippen LogP contribution in [0.5, 0.6) is 5.75 Å². The summed E-state index contributed by atoms with van der Waals surface area (Å²) in [6.07, 6.45) is 0.575. The molecule has 0 fully saturated rings. The summed E-state index contributed by atoms with van der Waals surface area (Å²) < 4.78 is 21.9. The van der Waals surface area contributed by atoms with Crippen molar-refractivity contribution in [3.63, 3.8) is 0 Å². The first-order chi connectivity index (χ1) is 9.70. The van der Waals surface area contributed by atoms with E-state index in [2.05, 4.69) is 12.6 Å². The van der Waals surface area contributed by atoms with Crippen molar-refractivity contribution in [3.8, 4) is 11.8 Å². The average Bonchev–Trinajstić information content (AvgIpc) is 2.39. The molecule has 1 aromatic rings. The van der Waals surface area contributed by atoms with Gasteiger partial charge in [0, 0.05) is 0 Å². The zero-order valence-electron chi connectivity index (χ0n) is 13.3. The molecule has 0 unspecified atom stereocenters. The molecule has 6 heteroatoms. The summed E-state index contributed by atoms with van der Waals surface area (Å²) in [5.74, 6) is 0.516. The number of hydrogen-bond donors (Lipinski definition) is 0. The summed E-state index contributed by atoms with van der Waals surface area (Å²) in [6, 6.07) is 7.20. The molecule has 0 atom stereocenters. The lowest BCUT2D eigenvalue weighted by Crippen LogP contribution is -2.24. The molecule has 0 N–H and O–H groups in total. The van der Waals surface area contributed by atoms with Crippen LogP contribution in [0.3, 0.4) is 0 Å². The number of benzene rings is 1. The monoisotopic (exact) mass is 307 g/mol. The van der Waals surface area contributed by atoms with Gasteiger partial charge >= 0.3 is 7.67 Å². The largest absolute Gasteiger partial charge is 0.422 e. The predicted octanol–water partition coefficient (Wildman–Crippen LogP) is 3.29. The normalized spacial score (nSPS) is 11.5. The quantitative estimate of drug-likeness (QED) is 0.596. The third kappa shape index (κ3) is 4.18. The summed E-state index contributed by atoms with van der Waals surface area (Å²) in [5, 5.41) is 9.01. The molecule has 21 heavy (non-hydrogen) atoms. The minimum Gasteiger partial charge on any atom is -0.422 e. The van der Waals surface area contributed by atoms with Gasteiger partial charge in [-0.3, -0.25) is 0 Å². The molecule has 1 aromatic carbocycles. The van der Waals surface area contributed by atoms with Crippen molar-refractivity contribution in [1.82, 2.24) is 9.34 Å². The molecular formula is C15H22N3O2P. The lowest BCUT2D eigenvalue weighted by Gasteiger charge is -2.30. The van der Waals surface area contributed by atoms with Gasteiger partial charge in [-0.15, -0.1) is 0 Å². The second-order valence-electron chi connectivity index (χ2n) is 5.34. The highest BCUT2D eigenvalue weighted by atomic mass is 31.2. The SMILES string of the molecule is C=C(C)Cc1cc(C#N)ccc1OP(=O)(N(C)C)N(C)C. The maximum Gasteiger partial charge on any atom is 0.394 e. The number of allylic oxidation sites excluding steroid dienone is 1. The average molecular weight is 307 g/mol. The summed E-state index contributed by atoms with van der Waals surface area (Å²) in [5.41, 5.74) is 2.30. The Balaban J connectivity index is 3.27. The van der Waals surface area contributed by atoms with Crippen molar-refractivity contribution < 1.29 is 9.09 Å². The Kier molecular flexibility index (Phi) is 5.74. The molecule has 0 bridgehead atoms. The van der Waals surface area contributed by atoms with Crippen LogP contribution in [0.1, 0.15) is 18.1 Å². The van der Waals surface area contributed by atoms with Gasteiger partial charge in [-0.2, -0.15) is 5.26 Å². The van der Waals surface area contributed by atoms with E-state index in [0.717, 1.165) is 11.1 Å². The van der Waals surface area contributed by atoms with Crippen molar-refractivity contribution in [2.75, 3.05) is 28.2 Å². The second-order valence-corrected chi connectivity index (χ2v) is 8.11. The van der Waals surface area contributed by atoms with Crippen LogP contribution in [0.25, 0.3) is 0 Å². The number of nitrogens with zero attached hydrogens (tertiary/aromatic N) is 3. The van der Waals surface area contributed by atoms with Crippen molar-refractivity contribution in [2.24, 2.45) is 0 Å². The Morgan fingerprint density at radius 3 is 2.33 bits per heavy atom. The Bertz CT molecular complexity index is 606. The van der Waals surface area contributed by atoms with Crippen LogP contribution in [-0.2, 0) is 11.0 Å². The van der Waals surface area contributed by atoms with Crippen LogP contribution in [0.4, 0.5) is 0 Å².